The lowest BCUT2D eigenvalue weighted by atomic mass is 10.2. The van der Waals surface area contributed by atoms with Crippen LogP contribution in [0.5, 0.6) is 0 Å². The van der Waals surface area contributed by atoms with Crippen molar-refractivity contribution >= 4 is 52.4 Å². The maximum atomic E-state index is 13.1. The Hall–Kier alpha value is -1.89. The number of esters is 1. The highest BCUT2D eigenvalue weighted by atomic mass is 35.5. The van der Waals surface area contributed by atoms with Crippen LogP contribution in [0.25, 0.3) is 0 Å². The van der Waals surface area contributed by atoms with Crippen LogP contribution in [0.15, 0.2) is 30.3 Å². The third-order valence-corrected chi connectivity index (χ3v) is 3.82. The molecule has 0 atom stereocenters. The summed E-state index contributed by atoms with van der Waals surface area (Å²) < 4.78 is 30.8. The van der Waals surface area contributed by atoms with Crippen LogP contribution in [0.1, 0.15) is 10.4 Å². The van der Waals surface area contributed by atoms with E-state index in [4.69, 9.17) is 39.5 Å². The highest BCUT2D eigenvalue weighted by molar-refractivity contribution is 6.42. The summed E-state index contributed by atoms with van der Waals surface area (Å²) in [5, 5.41) is 2.65. The van der Waals surface area contributed by atoms with E-state index in [0.717, 1.165) is 0 Å². The molecule has 0 saturated heterocycles. The van der Waals surface area contributed by atoms with Crippen LogP contribution < -0.4 is 5.32 Å². The molecule has 2 rings (SSSR count). The van der Waals surface area contributed by atoms with E-state index in [0.29, 0.717) is 22.8 Å². The van der Waals surface area contributed by atoms with Crippen molar-refractivity contribution in [2.75, 3.05) is 11.9 Å². The average molecular weight is 395 g/mol. The highest BCUT2D eigenvalue weighted by Crippen LogP contribution is 2.25. The molecular formula is C15H8Cl3F2NO3. The fraction of sp³-hybridized carbons (Fsp3) is 0.0667. The van der Waals surface area contributed by atoms with Gasteiger partial charge in [0.15, 0.2) is 18.2 Å². The number of anilines is 1. The molecule has 9 heteroatoms. The molecule has 1 N–H and O–H groups in total. The van der Waals surface area contributed by atoms with E-state index in [1.165, 1.54) is 18.2 Å². The Labute approximate surface area is 150 Å². The van der Waals surface area contributed by atoms with Crippen molar-refractivity contribution in [3.63, 3.8) is 0 Å². The van der Waals surface area contributed by atoms with E-state index in [-0.39, 0.29) is 10.0 Å². The fourth-order valence-corrected chi connectivity index (χ4v) is 2.18. The summed E-state index contributed by atoms with van der Waals surface area (Å²) in [5.74, 6) is -4.19. The summed E-state index contributed by atoms with van der Waals surface area (Å²) in [6.07, 6.45) is 0. The summed E-state index contributed by atoms with van der Waals surface area (Å²) >= 11 is 17.2. The topological polar surface area (TPSA) is 55.4 Å². The molecule has 24 heavy (non-hydrogen) atoms. The first-order chi connectivity index (χ1) is 11.3. The number of carbonyl (C=O) groups is 2. The Morgan fingerprint density at radius 1 is 0.958 bits per heavy atom. The van der Waals surface area contributed by atoms with Crippen LogP contribution in [-0.2, 0) is 9.53 Å². The van der Waals surface area contributed by atoms with E-state index >= 15 is 0 Å². The largest absolute Gasteiger partial charge is 0.452 e. The number of carbonyl (C=O) groups excluding carboxylic acids is 2. The highest BCUT2D eigenvalue weighted by Gasteiger charge is 2.17. The van der Waals surface area contributed by atoms with Gasteiger partial charge in [-0.3, -0.25) is 4.79 Å². The Morgan fingerprint density at radius 2 is 1.62 bits per heavy atom. The molecular weight excluding hydrogens is 387 g/mol. The van der Waals surface area contributed by atoms with Crippen molar-refractivity contribution in [1.29, 1.82) is 0 Å². The zero-order valence-corrected chi connectivity index (χ0v) is 14.0. The van der Waals surface area contributed by atoms with Crippen LogP contribution in [0.3, 0.4) is 0 Å². The number of ether oxygens (including phenoxy) is 1. The number of hydrogen-bond donors (Lipinski definition) is 1. The summed E-state index contributed by atoms with van der Waals surface area (Å²) in [7, 11) is 0. The number of hydrogen-bond acceptors (Lipinski definition) is 3. The van der Waals surface area contributed by atoms with Gasteiger partial charge in [-0.1, -0.05) is 34.8 Å². The summed E-state index contributed by atoms with van der Waals surface area (Å²) in [6.45, 7) is -0.658. The number of rotatable bonds is 4. The first-order valence-electron chi connectivity index (χ1n) is 6.34. The Kier molecular flexibility index (Phi) is 5.99. The summed E-state index contributed by atoms with van der Waals surface area (Å²) in [6, 6.07) is 5.63. The van der Waals surface area contributed by atoms with Crippen LogP contribution in [0, 0.1) is 11.6 Å². The molecule has 126 valence electrons. The van der Waals surface area contributed by atoms with E-state index < -0.39 is 35.7 Å². The number of amides is 1. The van der Waals surface area contributed by atoms with Gasteiger partial charge < -0.3 is 10.1 Å². The van der Waals surface area contributed by atoms with Gasteiger partial charge in [0.2, 0.25) is 0 Å². The first kappa shape index (κ1) is 18.4. The van der Waals surface area contributed by atoms with Gasteiger partial charge >= 0.3 is 5.97 Å². The minimum Gasteiger partial charge on any atom is -0.452 e. The zero-order chi connectivity index (χ0) is 17.9. The van der Waals surface area contributed by atoms with E-state index in [1.54, 1.807) is 0 Å². The quantitative estimate of drug-likeness (QED) is 0.603. The maximum Gasteiger partial charge on any atom is 0.340 e. The average Bonchev–Trinajstić information content (AvgIpc) is 2.52. The monoisotopic (exact) mass is 393 g/mol. The molecule has 0 aromatic heterocycles. The molecule has 0 aliphatic heterocycles. The van der Waals surface area contributed by atoms with Crippen molar-refractivity contribution < 1.29 is 23.1 Å². The van der Waals surface area contributed by atoms with Gasteiger partial charge in [0, 0.05) is 5.69 Å². The van der Waals surface area contributed by atoms with Gasteiger partial charge in [0.25, 0.3) is 5.91 Å². The van der Waals surface area contributed by atoms with Crippen molar-refractivity contribution in [3.8, 4) is 0 Å². The minimum absolute atomic E-state index is 0.236. The summed E-state index contributed by atoms with van der Waals surface area (Å²) in [4.78, 5) is 23.5. The standard InChI is InChI=1S/C15H8Cl3F2NO3/c16-9-2-1-7(3-11(9)18)21-14(22)6-24-15(23)8-4-12(19)13(20)5-10(8)17/h1-5H,6H2,(H,21,22). The molecule has 0 radical (unpaired) electrons. The summed E-state index contributed by atoms with van der Waals surface area (Å²) in [5.41, 5.74) is -0.0470. The molecule has 2 aromatic rings. The maximum absolute atomic E-state index is 13.1. The van der Waals surface area contributed by atoms with E-state index in [9.17, 15) is 18.4 Å². The lowest BCUT2D eigenvalue weighted by molar-refractivity contribution is -0.119. The molecule has 2 aromatic carbocycles. The molecule has 4 nitrogen and oxygen atoms in total. The van der Waals surface area contributed by atoms with Crippen molar-refractivity contribution in [2.24, 2.45) is 0 Å². The molecule has 0 unspecified atom stereocenters. The Bertz CT molecular complexity index is 815. The molecule has 0 aliphatic rings. The molecule has 0 spiro atoms. The Morgan fingerprint density at radius 3 is 2.29 bits per heavy atom. The lowest BCUT2D eigenvalue weighted by Gasteiger charge is -2.08. The first-order valence-corrected chi connectivity index (χ1v) is 7.48. The number of benzene rings is 2. The van der Waals surface area contributed by atoms with Gasteiger partial charge in [0.05, 0.1) is 20.6 Å². The third kappa shape index (κ3) is 4.56. The molecule has 0 fully saturated rings. The molecule has 0 heterocycles. The van der Waals surface area contributed by atoms with E-state index in [2.05, 4.69) is 5.32 Å². The molecule has 1 amide bonds. The predicted octanol–water partition coefficient (Wildman–Crippen LogP) is 4.72. The van der Waals surface area contributed by atoms with E-state index in [1.807, 2.05) is 0 Å². The van der Waals surface area contributed by atoms with Gasteiger partial charge in [-0.25, -0.2) is 13.6 Å². The minimum atomic E-state index is -1.26. The molecule has 0 bridgehead atoms. The smallest absolute Gasteiger partial charge is 0.340 e. The van der Waals surface area contributed by atoms with Gasteiger partial charge in [-0.15, -0.1) is 0 Å². The Balaban J connectivity index is 1.97. The second-order valence-corrected chi connectivity index (χ2v) is 5.72. The molecule has 0 saturated carbocycles. The number of halogens is 5. The van der Waals surface area contributed by atoms with Gasteiger partial charge in [-0.2, -0.15) is 0 Å². The zero-order valence-electron chi connectivity index (χ0n) is 11.7. The number of nitrogens with one attached hydrogen (secondary N) is 1. The normalized spacial score (nSPS) is 10.4. The fourth-order valence-electron chi connectivity index (χ4n) is 1.66. The van der Waals surface area contributed by atoms with Crippen molar-refractivity contribution in [1.82, 2.24) is 0 Å². The van der Waals surface area contributed by atoms with Crippen LogP contribution in [0.2, 0.25) is 15.1 Å². The lowest BCUT2D eigenvalue weighted by Crippen LogP contribution is -2.21. The molecule has 0 aliphatic carbocycles. The van der Waals surface area contributed by atoms with Gasteiger partial charge in [0.1, 0.15) is 0 Å². The van der Waals surface area contributed by atoms with Crippen molar-refractivity contribution in [2.45, 2.75) is 0 Å². The van der Waals surface area contributed by atoms with Gasteiger partial charge in [-0.05, 0) is 30.3 Å². The second-order valence-electron chi connectivity index (χ2n) is 4.50. The third-order valence-electron chi connectivity index (χ3n) is 2.77. The van der Waals surface area contributed by atoms with Crippen LogP contribution in [-0.4, -0.2) is 18.5 Å². The van der Waals surface area contributed by atoms with Crippen LogP contribution in [0.4, 0.5) is 14.5 Å². The van der Waals surface area contributed by atoms with Crippen molar-refractivity contribution in [3.05, 3.63) is 62.6 Å². The second kappa shape index (κ2) is 7.79. The van der Waals surface area contributed by atoms with Crippen LogP contribution >= 0.6 is 34.8 Å². The predicted molar refractivity (Wildman–Crippen MR) is 86.7 cm³/mol. The SMILES string of the molecule is O=C(COC(=O)c1cc(F)c(F)cc1Cl)Nc1ccc(Cl)c(Cl)c1.